The number of aromatic nitrogens is 3. The van der Waals surface area contributed by atoms with Crippen LogP contribution in [-0.4, -0.2) is 21.3 Å². The van der Waals surface area contributed by atoms with Crippen molar-refractivity contribution in [3.8, 4) is 0 Å². The zero-order chi connectivity index (χ0) is 17.8. The molecule has 0 aliphatic heterocycles. The molecule has 1 aromatic carbocycles. The lowest BCUT2D eigenvalue weighted by molar-refractivity contribution is 0.102. The molecule has 0 spiro atoms. The molecule has 0 radical (unpaired) electrons. The molecule has 0 aliphatic rings. The van der Waals surface area contributed by atoms with E-state index in [0.29, 0.717) is 23.3 Å². The summed E-state index contributed by atoms with van der Waals surface area (Å²) in [4.78, 5) is 12.1. The Hall–Kier alpha value is -3.22. The van der Waals surface area contributed by atoms with E-state index in [0.717, 1.165) is 5.69 Å². The maximum absolute atomic E-state index is 12.1. The highest BCUT2D eigenvalue weighted by molar-refractivity contribution is 6.02. The van der Waals surface area contributed by atoms with E-state index in [4.69, 9.17) is 4.52 Å². The minimum atomic E-state index is -0.394. The minimum Gasteiger partial charge on any atom is -0.360 e. The highest BCUT2D eigenvalue weighted by atomic mass is 16.5. The fraction of sp³-hybridized carbons (Fsp3) is 0.222. The van der Waals surface area contributed by atoms with Gasteiger partial charge in [-0.1, -0.05) is 37.2 Å². The number of carbonyl (C=O) groups excluding carboxylic acids is 1. The second kappa shape index (κ2) is 7.12. The van der Waals surface area contributed by atoms with Gasteiger partial charge in [-0.2, -0.15) is 0 Å². The van der Waals surface area contributed by atoms with E-state index in [2.05, 4.69) is 45.9 Å². The molecule has 128 valence electrons. The molecule has 0 aliphatic carbocycles. The number of anilines is 3. The third-order valence-electron chi connectivity index (χ3n) is 3.61. The zero-order valence-electron chi connectivity index (χ0n) is 14.3. The molecule has 0 saturated carbocycles. The molecule has 1 amide bonds. The van der Waals surface area contributed by atoms with Gasteiger partial charge < -0.3 is 15.2 Å². The SMILES string of the molecule is Cc1cc(NC(=O)c2ccc(Nc3ccccc3C(C)C)nn2)no1. The Morgan fingerprint density at radius 3 is 2.52 bits per heavy atom. The summed E-state index contributed by atoms with van der Waals surface area (Å²) >= 11 is 0. The molecule has 0 saturated heterocycles. The molecule has 3 rings (SSSR count). The monoisotopic (exact) mass is 337 g/mol. The van der Waals surface area contributed by atoms with E-state index in [1.807, 2.05) is 18.2 Å². The number of carbonyl (C=O) groups is 1. The van der Waals surface area contributed by atoms with E-state index in [-0.39, 0.29) is 5.69 Å². The number of nitrogens with zero attached hydrogens (tertiary/aromatic N) is 3. The lowest BCUT2D eigenvalue weighted by atomic mass is 10.0. The average molecular weight is 337 g/mol. The van der Waals surface area contributed by atoms with Crippen molar-refractivity contribution in [2.24, 2.45) is 0 Å². The van der Waals surface area contributed by atoms with Crippen LogP contribution in [0.3, 0.4) is 0 Å². The molecule has 0 unspecified atom stereocenters. The van der Waals surface area contributed by atoms with Gasteiger partial charge in [-0.05, 0) is 36.6 Å². The van der Waals surface area contributed by atoms with Gasteiger partial charge in [0, 0.05) is 11.8 Å². The van der Waals surface area contributed by atoms with Crippen LogP contribution in [0.1, 0.15) is 41.6 Å². The van der Waals surface area contributed by atoms with Gasteiger partial charge in [0.15, 0.2) is 17.3 Å². The topological polar surface area (TPSA) is 92.9 Å². The molecular formula is C18H19N5O2. The van der Waals surface area contributed by atoms with Crippen LogP contribution >= 0.6 is 0 Å². The smallest absolute Gasteiger partial charge is 0.277 e. The summed E-state index contributed by atoms with van der Waals surface area (Å²) in [6, 6.07) is 13.0. The second-order valence-electron chi connectivity index (χ2n) is 5.95. The first kappa shape index (κ1) is 16.6. The van der Waals surface area contributed by atoms with E-state index in [1.54, 1.807) is 25.1 Å². The highest BCUT2D eigenvalue weighted by Gasteiger charge is 2.12. The van der Waals surface area contributed by atoms with Crippen molar-refractivity contribution in [1.29, 1.82) is 0 Å². The number of rotatable bonds is 5. The molecule has 7 heteroatoms. The van der Waals surface area contributed by atoms with Crippen molar-refractivity contribution in [3.63, 3.8) is 0 Å². The molecule has 25 heavy (non-hydrogen) atoms. The summed E-state index contributed by atoms with van der Waals surface area (Å²) in [7, 11) is 0. The standard InChI is InChI=1S/C18H19N5O2/c1-11(2)13-6-4-5-7-14(13)19-16-9-8-15(21-22-16)18(24)20-17-10-12(3)25-23-17/h4-11H,1-3H3,(H,19,22)(H,20,23,24). The quantitative estimate of drug-likeness (QED) is 0.733. The maximum atomic E-state index is 12.1. The van der Waals surface area contributed by atoms with Crippen LogP contribution in [0.15, 0.2) is 47.0 Å². The Balaban J connectivity index is 1.71. The number of hydrogen-bond acceptors (Lipinski definition) is 6. The molecular weight excluding hydrogens is 318 g/mol. The summed E-state index contributed by atoms with van der Waals surface area (Å²) in [6.45, 7) is 6.01. The van der Waals surface area contributed by atoms with Crippen molar-refractivity contribution in [2.45, 2.75) is 26.7 Å². The van der Waals surface area contributed by atoms with Gasteiger partial charge in [-0.25, -0.2) is 0 Å². The van der Waals surface area contributed by atoms with Gasteiger partial charge in [0.05, 0.1) is 0 Å². The highest BCUT2D eigenvalue weighted by Crippen LogP contribution is 2.25. The van der Waals surface area contributed by atoms with Crippen LogP contribution in [-0.2, 0) is 0 Å². The fourth-order valence-electron chi connectivity index (χ4n) is 2.38. The van der Waals surface area contributed by atoms with Gasteiger partial charge >= 0.3 is 0 Å². The lowest BCUT2D eigenvalue weighted by Gasteiger charge is -2.13. The molecule has 7 nitrogen and oxygen atoms in total. The predicted octanol–water partition coefficient (Wildman–Crippen LogP) is 3.89. The minimum absolute atomic E-state index is 0.198. The van der Waals surface area contributed by atoms with Crippen LogP contribution in [0.25, 0.3) is 0 Å². The summed E-state index contributed by atoms with van der Waals surface area (Å²) in [5.41, 5.74) is 2.36. The molecule has 3 aromatic rings. The second-order valence-corrected chi connectivity index (χ2v) is 5.95. The van der Waals surface area contributed by atoms with Crippen molar-refractivity contribution < 1.29 is 9.32 Å². The summed E-state index contributed by atoms with van der Waals surface area (Å²) < 4.78 is 4.91. The third-order valence-corrected chi connectivity index (χ3v) is 3.61. The molecule has 0 atom stereocenters. The van der Waals surface area contributed by atoms with E-state index in [1.165, 1.54) is 5.56 Å². The first-order chi connectivity index (χ1) is 12.0. The zero-order valence-corrected chi connectivity index (χ0v) is 14.3. The van der Waals surface area contributed by atoms with Crippen LogP contribution in [0.5, 0.6) is 0 Å². The molecule has 0 fully saturated rings. The Labute approximate surface area is 145 Å². The van der Waals surface area contributed by atoms with E-state index < -0.39 is 5.91 Å². The maximum Gasteiger partial charge on any atom is 0.277 e. The van der Waals surface area contributed by atoms with Gasteiger partial charge in [0.25, 0.3) is 5.91 Å². The Morgan fingerprint density at radius 2 is 1.88 bits per heavy atom. The summed E-state index contributed by atoms with van der Waals surface area (Å²) in [5.74, 6) is 1.52. The van der Waals surface area contributed by atoms with Gasteiger partial charge in [0.1, 0.15) is 5.76 Å². The van der Waals surface area contributed by atoms with Crippen molar-refractivity contribution >= 4 is 23.2 Å². The third kappa shape index (κ3) is 4.00. The van der Waals surface area contributed by atoms with Crippen molar-refractivity contribution in [3.05, 3.63) is 59.5 Å². The van der Waals surface area contributed by atoms with Gasteiger partial charge in [-0.3, -0.25) is 4.79 Å². The van der Waals surface area contributed by atoms with E-state index >= 15 is 0 Å². The number of hydrogen-bond donors (Lipinski definition) is 2. The summed E-state index contributed by atoms with van der Waals surface area (Å²) in [6.07, 6.45) is 0. The Bertz CT molecular complexity index is 871. The van der Waals surface area contributed by atoms with Crippen LogP contribution in [0.2, 0.25) is 0 Å². The van der Waals surface area contributed by atoms with Gasteiger partial charge in [-0.15, -0.1) is 10.2 Å². The number of para-hydroxylation sites is 1. The molecule has 2 aromatic heterocycles. The van der Waals surface area contributed by atoms with Crippen molar-refractivity contribution in [2.75, 3.05) is 10.6 Å². The molecule has 2 heterocycles. The number of amides is 1. The Kier molecular flexibility index (Phi) is 4.74. The number of nitrogens with one attached hydrogen (secondary N) is 2. The number of benzene rings is 1. The van der Waals surface area contributed by atoms with Crippen LogP contribution in [0, 0.1) is 6.92 Å². The van der Waals surface area contributed by atoms with E-state index in [9.17, 15) is 4.79 Å². The largest absolute Gasteiger partial charge is 0.360 e. The fourth-order valence-corrected chi connectivity index (χ4v) is 2.38. The number of aryl methyl sites for hydroxylation is 1. The first-order valence-corrected chi connectivity index (χ1v) is 7.97. The Morgan fingerprint density at radius 1 is 1.08 bits per heavy atom. The molecule has 0 bridgehead atoms. The lowest BCUT2D eigenvalue weighted by Crippen LogP contribution is -2.14. The predicted molar refractivity (Wildman–Crippen MR) is 95.0 cm³/mol. The molecule has 2 N–H and O–H groups in total. The average Bonchev–Trinajstić information content (AvgIpc) is 3.00. The van der Waals surface area contributed by atoms with Crippen LogP contribution < -0.4 is 10.6 Å². The van der Waals surface area contributed by atoms with Crippen molar-refractivity contribution in [1.82, 2.24) is 15.4 Å². The van der Waals surface area contributed by atoms with Crippen LogP contribution in [0.4, 0.5) is 17.3 Å². The summed E-state index contributed by atoms with van der Waals surface area (Å²) in [5, 5.41) is 17.6. The normalized spacial score (nSPS) is 10.7. The first-order valence-electron chi connectivity index (χ1n) is 7.97. The van der Waals surface area contributed by atoms with Gasteiger partial charge in [0.2, 0.25) is 0 Å².